The molecular formula is C13H10Cl2F2O. The van der Waals surface area contributed by atoms with Gasteiger partial charge < -0.3 is 4.42 Å². The molecule has 0 bridgehead atoms. The molecule has 0 aliphatic heterocycles. The molecule has 1 aromatic carbocycles. The fourth-order valence-corrected chi connectivity index (χ4v) is 2.45. The van der Waals surface area contributed by atoms with Crippen LogP contribution in [0.3, 0.4) is 0 Å². The molecule has 0 amide bonds. The van der Waals surface area contributed by atoms with E-state index in [1.54, 1.807) is 6.07 Å². The summed E-state index contributed by atoms with van der Waals surface area (Å²) in [5, 5.41) is -0.571. The molecular weight excluding hydrogens is 281 g/mol. The Kier molecular flexibility index (Phi) is 3.93. The molecule has 96 valence electrons. The van der Waals surface area contributed by atoms with Crippen LogP contribution in [-0.2, 0) is 6.42 Å². The zero-order valence-corrected chi connectivity index (χ0v) is 11.0. The molecule has 1 nitrogen and oxygen atoms in total. The molecule has 2 rings (SSSR count). The van der Waals surface area contributed by atoms with E-state index in [-0.39, 0.29) is 5.02 Å². The zero-order valence-electron chi connectivity index (χ0n) is 9.51. The van der Waals surface area contributed by atoms with Crippen LogP contribution in [0.25, 0.3) is 0 Å². The normalized spacial score (nSPS) is 12.7. The quantitative estimate of drug-likeness (QED) is 0.566. The molecule has 0 fully saturated rings. The van der Waals surface area contributed by atoms with Crippen LogP contribution < -0.4 is 0 Å². The van der Waals surface area contributed by atoms with E-state index in [2.05, 4.69) is 0 Å². The minimum atomic E-state index is -0.990. The lowest BCUT2D eigenvalue weighted by Crippen LogP contribution is -1.98. The van der Waals surface area contributed by atoms with E-state index in [1.807, 2.05) is 6.92 Å². The standard InChI is InChI=1S/C13H10Cl2F2O/c1-2-12-7(3-4-18-12)13(15)8-5-10(16)11(17)6-9(8)14/h3-6,13H,2H2,1H3. The second-order valence-corrected chi connectivity index (χ2v) is 4.65. The highest BCUT2D eigenvalue weighted by Crippen LogP contribution is 2.36. The van der Waals surface area contributed by atoms with Crippen molar-refractivity contribution >= 4 is 23.2 Å². The maximum absolute atomic E-state index is 13.2. The predicted molar refractivity (Wildman–Crippen MR) is 67.2 cm³/mol. The molecule has 18 heavy (non-hydrogen) atoms. The van der Waals surface area contributed by atoms with E-state index < -0.39 is 17.0 Å². The SMILES string of the molecule is CCc1occc1C(Cl)c1cc(F)c(F)cc1Cl. The first kappa shape index (κ1) is 13.4. The number of alkyl halides is 1. The summed E-state index contributed by atoms with van der Waals surface area (Å²) in [6.07, 6.45) is 2.17. The largest absolute Gasteiger partial charge is 0.469 e. The number of furan rings is 1. The molecule has 0 aliphatic rings. The Bertz CT molecular complexity index is 566. The molecule has 1 unspecified atom stereocenters. The van der Waals surface area contributed by atoms with Crippen LogP contribution in [0.15, 0.2) is 28.9 Å². The van der Waals surface area contributed by atoms with Gasteiger partial charge in [0, 0.05) is 17.0 Å². The average Bonchev–Trinajstić information content (AvgIpc) is 2.81. The molecule has 0 N–H and O–H groups in total. The first-order chi connectivity index (χ1) is 8.54. The molecule has 0 saturated carbocycles. The van der Waals surface area contributed by atoms with E-state index in [9.17, 15) is 8.78 Å². The maximum Gasteiger partial charge on any atom is 0.160 e. The predicted octanol–water partition coefficient (Wildman–Crippen LogP) is 5.10. The van der Waals surface area contributed by atoms with Gasteiger partial charge in [-0.2, -0.15) is 0 Å². The van der Waals surface area contributed by atoms with Crippen molar-refractivity contribution in [1.29, 1.82) is 0 Å². The van der Waals surface area contributed by atoms with Crippen LogP contribution in [0.4, 0.5) is 8.78 Å². The monoisotopic (exact) mass is 290 g/mol. The lowest BCUT2D eigenvalue weighted by Gasteiger charge is -2.12. The zero-order chi connectivity index (χ0) is 13.3. The van der Waals surface area contributed by atoms with Gasteiger partial charge in [0.25, 0.3) is 0 Å². The van der Waals surface area contributed by atoms with Gasteiger partial charge in [0.2, 0.25) is 0 Å². The molecule has 0 saturated heterocycles. The highest BCUT2D eigenvalue weighted by molar-refractivity contribution is 6.33. The number of hydrogen-bond donors (Lipinski definition) is 0. The molecule has 1 aromatic heterocycles. The number of rotatable bonds is 3. The fraction of sp³-hybridized carbons (Fsp3) is 0.231. The summed E-state index contributed by atoms with van der Waals surface area (Å²) < 4.78 is 31.5. The van der Waals surface area contributed by atoms with Crippen LogP contribution in [0.1, 0.15) is 29.2 Å². The fourth-order valence-electron chi connectivity index (χ4n) is 1.76. The van der Waals surface area contributed by atoms with E-state index in [4.69, 9.17) is 27.6 Å². The van der Waals surface area contributed by atoms with E-state index in [1.165, 1.54) is 6.26 Å². The Morgan fingerprint density at radius 2 is 1.89 bits per heavy atom. The topological polar surface area (TPSA) is 13.1 Å². The first-order valence-electron chi connectivity index (χ1n) is 5.39. The minimum absolute atomic E-state index is 0.0946. The van der Waals surface area contributed by atoms with Crippen molar-refractivity contribution in [1.82, 2.24) is 0 Å². The summed E-state index contributed by atoms with van der Waals surface area (Å²) in [7, 11) is 0. The molecule has 0 aliphatic carbocycles. The highest BCUT2D eigenvalue weighted by Gasteiger charge is 2.21. The Hall–Kier alpha value is -1.06. The van der Waals surface area contributed by atoms with Crippen LogP contribution in [0.5, 0.6) is 0 Å². The summed E-state index contributed by atoms with van der Waals surface area (Å²) in [4.78, 5) is 0. The summed E-state index contributed by atoms with van der Waals surface area (Å²) in [5.74, 6) is -1.26. The molecule has 0 spiro atoms. The summed E-state index contributed by atoms with van der Waals surface area (Å²) in [5.41, 5.74) is 1.04. The third-order valence-corrected chi connectivity index (χ3v) is 3.48. The van der Waals surface area contributed by atoms with Gasteiger partial charge in [-0.25, -0.2) is 8.78 Å². The number of aryl methyl sites for hydroxylation is 1. The second-order valence-electron chi connectivity index (χ2n) is 3.80. The summed E-state index contributed by atoms with van der Waals surface area (Å²) in [6.45, 7) is 1.92. The van der Waals surface area contributed by atoms with Crippen LogP contribution in [-0.4, -0.2) is 0 Å². The van der Waals surface area contributed by atoms with Crippen LogP contribution in [0.2, 0.25) is 5.02 Å². The van der Waals surface area contributed by atoms with E-state index in [0.29, 0.717) is 23.3 Å². The van der Waals surface area contributed by atoms with Gasteiger partial charge in [0.1, 0.15) is 5.76 Å². The summed E-state index contributed by atoms with van der Waals surface area (Å²) in [6, 6.07) is 3.64. The minimum Gasteiger partial charge on any atom is -0.469 e. The molecule has 0 radical (unpaired) electrons. The third-order valence-electron chi connectivity index (χ3n) is 2.69. The molecule has 1 atom stereocenters. The van der Waals surface area contributed by atoms with Gasteiger partial charge >= 0.3 is 0 Å². The van der Waals surface area contributed by atoms with Gasteiger partial charge in [0.15, 0.2) is 11.6 Å². The van der Waals surface area contributed by atoms with Crippen molar-refractivity contribution in [2.24, 2.45) is 0 Å². The molecule has 2 aromatic rings. The van der Waals surface area contributed by atoms with Gasteiger partial charge in [-0.15, -0.1) is 11.6 Å². The summed E-state index contributed by atoms with van der Waals surface area (Å²) >= 11 is 12.1. The molecule has 1 heterocycles. The molecule has 5 heteroatoms. The Labute approximate surface area is 113 Å². The number of benzene rings is 1. The van der Waals surface area contributed by atoms with Crippen molar-refractivity contribution in [3.63, 3.8) is 0 Å². The van der Waals surface area contributed by atoms with Gasteiger partial charge in [-0.1, -0.05) is 18.5 Å². The van der Waals surface area contributed by atoms with E-state index >= 15 is 0 Å². The van der Waals surface area contributed by atoms with Crippen LogP contribution >= 0.6 is 23.2 Å². The lowest BCUT2D eigenvalue weighted by molar-refractivity contribution is 0.506. The van der Waals surface area contributed by atoms with Gasteiger partial charge in [-0.05, 0) is 23.8 Å². The smallest absolute Gasteiger partial charge is 0.160 e. The van der Waals surface area contributed by atoms with Crippen molar-refractivity contribution < 1.29 is 13.2 Å². The Morgan fingerprint density at radius 3 is 2.56 bits per heavy atom. The third kappa shape index (κ3) is 2.38. The maximum atomic E-state index is 13.2. The van der Waals surface area contributed by atoms with Gasteiger partial charge in [0.05, 0.1) is 11.6 Å². The lowest BCUT2D eigenvalue weighted by atomic mass is 10.0. The van der Waals surface area contributed by atoms with Crippen molar-refractivity contribution in [2.75, 3.05) is 0 Å². The van der Waals surface area contributed by atoms with Crippen LogP contribution in [0, 0.1) is 11.6 Å². The van der Waals surface area contributed by atoms with Crippen molar-refractivity contribution in [3.05, 3.63) is 58.0 Å². The van der Waals surface area contributed by atoms with Gasteiger partial charge in [-0.3, -0.25) is 0 Å². The Morgan fingerprint density at radius 1 is 1.22 bits per heavy atom. The second kappa shape index (κ2) is 5.29. The van der Waals surface area contributed by atoms with Crippen molar-refractivity contribution in [3.8, 4) is 0 Å². The average molecular weight is 291 g/mol. The van der Waals surface area contributed by atoms with E-state index in [0.717, 1.165) is 12.1 Å². The first-order valence-corrected chi connectivity index (χ1v) is 6.20. The highest BCUT2D eigenvalue weighted by atomic mass is 35.5. The number of halogens is 4. The Balaban J connectivity index is 2.46. The van der Waals surface area contributed by atoms with Crippen molar-refractivity contribution in [2.45, 2.75) is 18.7 Å². The number of hydrogen-bond acceptors (Lipinski definition) is 1.